The highest BCUT2D eigenvalue weighted by atomic mass is 127. The van der Waals surface area contributed by atoms with E-state index in [9.17, 15) is 4.39 Å². The first-order chi connectivity index (χ1) is 5.22. The van der Waals surface area contributed by atoms with E-state index in [1.165, 1.54) is 6.42 Å². The Kier molecular flexibility index (Phi) is 6.58. The molecule has 0 bridgehead atoms. The molecule has 0 aliphatic heterocycles. The van der Waals surface area contributed by atoms with Crippen LogP contribution >= 0.6 is 22.6 Å². The third kappa shape index (κ3) is 3.72. The first kappa shape index (κ1) is 11.7. The molecule has 68 valence electrons. The summed E-state index contributed by atoms with van der Waals surface area (Å²) in [5, 5.41) is 0. The van der Waals surface area contributed by atoms with Crippen molar-refractivity contribution in [1.29, 1.82) is 0 Å². The lowest BCUT2D eigenvalue weighted by Gasteiger charge is -2.27. The van der Waals surface area contributed by atoms with Crippen molar-refractivity contribution < 1.29 is 4.39 Å². The average molecular weight is 272 g/mol. The Hall–Kier alpha value is 0.660. The Labute approximate surface area is 83.1 Å². The summed E-state index contributed by atoms with van der Waals surface area (Å²) in [6, 6.07) is 0. The second kappa shape index (κ2) is 6.21. The van der Waals surface area contributed by atoms with Crippen molar-refractivity contribution in [3.63, 3.8) is 0 Å². The summed E-state index contributed by atoms with van der Waals surface area (Å²) >= 11 is 2.36. The first-order valence-electron chi connectivity index (χ1n) is 4.50. The Balaban J connectivity index is 0.000000461. The molecule has 0 nitrogen and oxygen atoms in total. The van der Waals surface area contributed by atoms with Crippen LogP contribution in [0.5, 0.6) is 0 Å². The van der Waals surface area contributed by atoms with Crippen molar-refractivity contribution in [2.24, 2.45) is 5.92 Å². The molecule has 0 aromatic rings. The molecule has 0 spiro atoms. The van der Waals surface area contributed by atoms with Gasteiger partial charge in [-0.2, -0.15) is 0 Å². The second-order valence-corrected chi connectivity index (χ2v) is 4.42. The van der Waals surface area contributed by atoms with E-state index in [1.807, 2.05) is 20.8 Å². The van der Waals surface area contributed by atoms with E-state index < -0.39 is 6.17 Å². The number of rotatable bonds is 0. The van der Waals surface area contributed by atoms with Crippen LogP contribution in [0.25, 0.3) is 0 Å². The van der Waals surface area contributed by atoms with E-state index in [2.05, 4.69) is 22.6 Å². The fourth-order valence-electron chi connectivity index (χ4n) is 1.26. The molecule has 3 atom stereocenters. The van der Waals surface area contributed by atoms with E-state index in [4.69, 9.17) is 0 Å². The predicted octanol–water partition coefficient (Wildman–Crippen LogP) is 3.97. The van der Waals surface area contributed by atoms with Crippen molar-refractivity contribution in [3.05, 3.63) is 0 Å². The molecule has 1 aliphatic carbocycles. The van der Waals surface area contributed by atoms with Crippen LogP contribution in [0.15, 0.2) is 0 Å². The van der Waals surface area contributed by atoms with Crippen LogP contribution in [-0.4, -0.2) is 10.1 Å². The van der Waals surface area contributed by atoms with Gasteiger partial charge in [-0.05, 0) is 25.2 Å². The zero-order valence-electron chi connectivity index (χ0n) is 7.61. The van der Waals surface area contributed by atoms with Crippen molar-refractivity contribution >= 4 is 22.6 Å². The van der Waals surface area contributed by atoms with Gasteiger partial charge in [-0.3, -0.25) is 0 Å². The fraction of sp³-hybridized carbons (Fsp3) is 1.00. The molecule has 0 N–H and O–H groups in total. The largest absolute Gasteiger partial charge is 0.247 e. The second-order valence-electron chi connectivity index (χ2n) is 2.82. The monoisotopic (exact) mass is 272 g/mol. The van der Waals surface area contributed by atoms with Crippen LogP contribution in [0.4, 0.5) is 4.39 Å². The molecule has 1 aliphatic rings. The highest BCUT2D eigenvalue weighted by molar-refractivity contribution is 14.1. The van der Waals surface area contributed by atoms with Gasteiger partial charge < -0.3 is 0 Å². The topological polar surface area (TPSA) is 0 Å². The first-order valence-corrected chi connectivity index (χ1v) is 5.74. The summed E-state index contributed by atoms with van der Waals surface area (Å²) < 4.78 is 13.4. The highest BCUT2D eigenvalue weighted by Gasteiger charge is 2.27. The summed E-state index contributed by atoms with van der Waals surface area (Å²) in [4.78, 5) is 0. The Morgan fingerprint density at radius 3 is 2.18 bits per heavy atom. The van der Waals surface area contributed by atoms with Crippen molar-refractivity contribution in [1.82, 2.24) is 0 Å². The minimum Gasteiger partial charge on any atom is -0.247 e. The molecular weight excluding hydrogens is 254 g/mol. The molecule has 0 aromatic heterocycles. The van der Waals surface area contributed by atoms with E-state index >= 15 is 0 Å². The molecule has 11 heavy (non-hydrogen) atoms. The standard InChI is InChI=1S/C7H12FI.C2H6/c1-5-6(8)3-2-4-7(5)9;1-2/h5-7H,2-4H2,1H3;1-2H3. The van der Waals surface area contributed by atoms with Gasteiger partial charge in [0.15, 0.2) is 0 Å². The van der Waals surface area contributed by atoms with Gasteiger partial charge in [0, 0.05) is 3.92 Å². The molecule has 0 aromatic carbocycles. The molecule has 1 rings (SSSR count). The maximum Gasteiger partial charge on any atom is 0.104 e. The lowest BCUT2D eigenvalue weighted by atomic mass is 9.89. The van der Waals surface area contributed by atoms with Crippen molar-refractivity contribution in [3.8, 4) is 0 Å². The van der Waals surface area contributed by atoms with Gasteiger partial charge in [0.05, 0.1) is 0 Å². The molecule has 0 saturated heterocycles. The molecule has 3 unspecified atom stereocenters. The van der Waals surface area contributed by atoms with Gasteiger partial charge in [-0.15, -0.1) is 0 Å². The summed E-state index contributed by atoms with van der Waals surface area (Å²) in [6.45, 7) is 6.01. The molecule has 0 amide bonds. The molecular formula is C9H18FI. The summed E-state index contributed by atoms with van der Waals surface area (Å²) in [5.41, 5.74) is 0. The van der Waals surface area contributed by atoms with E-state index in [-0.39, 0.29) is 0 Å². The number of halogens is 2. The summed E-state index contributed by atoms with van der Waals surface area (Å²) in [6.07, 6.45) is 2.56. The van der Waals surface area contributed by atoms with E-state index in [1.54, 1.807) is 0 Å². The minimum absolute atomic E-state index is 0.291. The quantitative estimate of drug-likeness (QED) is 0.462. The third-order valence-electron chi connectivity index (χ3n) is 2.10. The number of hydrogen-bond acceptors (Lipinski definition) is 0. The Bertz CT molecular complexity index is 85.6. The zero-order chi connectivity index (χ0) is 8.85. The fourth-order valence-corrected chi connectivity index (χ4v) is 2.15. The van der Waals surface area contributed by atoms with E-state index in [0.717, 1.165) is 12.8 Å². The predicted molar refractivity (Wildman–Crippen MR) is 57.1 cm³/mol. The van der Waals surface area contributed by atoms with Crippen LogP contribution in [0.1, 0.15) is 40.0 Å². The van der Waals surface area contributed by atoms with Gasteiger partial charge >= 0.3 is 0 Å². The van der Waals surface area contributed by atoms with Crippen LogP contribution in [-0.2, 0) is 0 Å². The zero-order valence-corrected chi connectivity index (χ0v) is 9.77. The van der Waals surface area contributed by atoms with Crippen molar-refractivity contribution in [2.45, 2.75) is 50.1 Å². The van der Waals surface area contributed by atoms with Gasteiger partial charge in [0.2, 0.25) is 0 Å². The lowest BCUT2D eigenvalue weighted by molar-refractivity contribution is 0.190. The summed E-state index contributed by atoms with van der Waals surface area (Å²) in [5.74, 6) is 0.291. The molecule has 1 fully saturated rings. The average Bonchev–Trinajstić information content (AvgIpc) is 2.04. The SMILES string of the molecule is CC.CC1C(F)CCCC1I. The Morgan fingerprint density at radius 1 is 1.27 bits per heavy atom. The van der Waals surface area contributed by atoms with Crippen LogP contribution in [0, 0.1) is 5.92 Å². The molecule has 1 saturated carbocycles. The lowest BCUT2D eigenvalue weighted by Crippen LogP contribution is -2.26. The van der Waals surface area contributed by atoms with Crippen LogP contribution in [0.3, 0.4) is 0 Å². The maximum absolute atomic E-state index is 12.8. The Morgan fingerprint density at radius 2 is 1.82 bits per heavy atom. The maximum atomic E-state index is 12.8. The normalized spacial score (nSPS) is 37.4. The van der Waals surface area contributed by atoms with Gasteiger partial charge in [0.25, 0.3) is 0 Å². The smallest absolute Gasteiger partial charge is 0.104 e. The van der Waals surface area contributed by atoms with Crippen LogP contribution < -0.4 is 0 Å². The van der Waals surface area contributed by atoms with E-state index in [0.29, 0.717) is 9.84 Å². The molecule has 0 radical (unpaired) electrons. The van der Waals surface area contributed by atoms with Gasteiger partial charge in [0.1, 0.15) is 6.17 Å². The van der Waals surface area contributed by atoms with Crippen LogP contribution in [0.2, 0.25) is 0 Å². The van der Waals surface area contributed by atoms with Gasteiger partial charge in [-0.25, -0.2) is 4.39 Å². The van der Waals surface area contributed by atoms with Crippen molar-refractivity contribution in [2.75, 3.05) is 0 Å². The minimum atomic E-state index is -0.527. The van der Waals surface area contributed by atoms with Gasteiger partial charge in [-0.1, -0.05) is 43.4 Å². The highest BCUT2D eigenvalue weighted by Crippen LogP contribution is 2.31. The third-order valence-corrected chi connectivity index (χ3v) is 3.86. The number of alkyl halides is 2. The number of hydrogen-bond donors (Lipinski definition) is 0. The molecule has 0 heterocycles. The summed E-state index contributed by atoms with van der Waals surface area (Å²) in [7, 11) is 0. The molecule has 2 heteroatoms.